The molecule has 0 spiro atoms. The van der Waals surface area contributed by atoms with Crippen molar-refractivity contribution >= 4 is 15.9 Å². The van der Waals surface area contributed by atoms with Gasteiger partial charge in [-0.1, -0.05) is 0 Å². The zero-order valence-electron chi connectivity index (χ0n) is 6.30. The normalized spacial score (nSPS) is 9.36. The lowest BCUT2D eigenvalue weighted by molar-refractivity contribution is 0.386. The molecule has 0 N–H and O–H groups in total. The molecular weight excluding hydrogens is 210 g/mol. The van der Waals surface area contributed by atoms with Crippen molar-refractivity contribution in [3.63, 3.8) is 0 Å². The van der Waals surface area contributed by atoms with Crippen LogP contribution < -0.4 is 9.47 Å². The van der Waals surface area contributed by atoms with Gasteiger partial charge in [-0.05, 0) is 15.9 Å². The molecule has 0 saturated heterocycles. The number of rotatable bonds is 2. The van der Waals surface area contributed by atoms with Crippen LogP contribution in [0.2, 0.25) is 0 Å². The highest BCUT2D eigenvalue weighted by Gasteiger charge is 2.05. The monoisotopic (exact) mass is 217 g/mol. The summed E-state index contributed by atoms with van der Waals surface area (Å²) < 4.78 is 10.8. The molecule has 1 aromatic rings. The SMILES string of the molecule is COc1cncc(OC)c1Br. The fourth-order valence-corrected chi connectivity index (χ4v) is 1.22. The number of ether oxygens (including phenoxy) is 2. The van der Waals surface area contributed by atoms with Gasteiger partial charge in [0, 0.05) is 0 Å². The van der Waals surface area contributed by atoms with Crippen LogP contribution in [0.4, 0.5) is 0 Å². The molecule has 1 aromatic heterocycles. The fourth-order valence-electron chi connectivity index (χ4n) is 0.692. The Balaban J connectivity index is 3.10. The molecule has 0 aliphatic carbocycles. The molecule has 0 bridgehead atoms. The molecule has 1 heterocycles. The predicted octanol–water partition coefficient (Wildman–Crippen LogP) is 1.86. The van der Waals surface area contributed by atoms with Gasteiger partial charge in [-0.3, -0.25) is 4.98 Å². The Kier molecular flexibility index (Phi) is 2.70. The van der Waals surface area contributed by atoms with E-state index in [0.717, 1.165) is 4.47 Å². The summed E-state index contributed by atoms with van der Waals surface area (Å²) in [6, 6.07) is 0. The molecule has 60 valence electrons. The summed E-state index contributed by atoms with van der Waals surface area (Å²) in [4.78, 5) is 3.91. The van der Waals surface area contributed by atoms with Crippen molar-refractivity contribution in [2.75, 3.05) is 14.2 Å². The second-order valence-electron chi connectivity index (χ2n) is 1.86. The van der Waals surface area contributed by atoms with Gasteiger partial charge in [-0.2, -0.15) is 0 Å². The molecule has 4 heteroatoms. The number of halogens is 1. The van der Waals surface area contributed by atoms with E-state index in [2.05, 4.69) is 20.9 Å². The van der Waals surface area contributed by atoms with Crippen LogP contribution >= 0.6 is 15.9 Å². The van der Waals surface area contributed by atoms with Gasteiger partial charge in [-0.25, -0.2) is 0 Å². The molecule has 3 nitrogen and oxygen atoms in total. The molecule has 0 aromatic carbocycles. The minimum absolute atomic E-state index is 0.671. The topological polar surface area (TPSA) is 31.4 Å². The van der Waals surface area contributed by atoms with E-state index in [1.54, 1.807) is 26.6 Å². The lowest BCUT2D eigenvalue weighted by Crippen LogP contribution is -1.90. The minimum atomic E-state index is 0.671. The number of pyridine rings is 1. The Morgan fingerprint density at radius 3 is 2.00 bits per heavy atom. The van der Waals surface area contributed by atoms with E-state index in [9.17, 15) is 0 Å². The zero-order valence-corrected chi connectivity index (χ0v) is 7.88. The summed E-state index contributed by atoms with van der Waals surface area (Å²) in [7, 11) is 3.17. The van der Waals surface area contributed by atoms with Crippen molar-refractivity contribution in [3.8, 4) is 11.5 Å². The van der Waals surface area contributed by atoms with Gasteiger partial charge >= 0.3 is 0 Å². The summed E-state index contributed by atoms with van der Waals surface area (Å²) in [5, 5.41) is 0. The smallest absolute Gasteiger partial charge is 0.155 e. The highest BCUT2D eigenvalue weighted by molar-refractivity contribution is 9.10. The highest BCUT2D eigenvalue weighted by Crippen LogP contribution is 2.32. The van der Waals surface area contributed by atoms with Gasteiger partial charge in [-0.15, -0.1) is 0 Å². The molecule has 0 unspecified atom stereocenters. The van der Waals surface area contributed by atoms with E-state index in [1.165, 1.54) is 0 Å². The molecule has 0 aliphatic heterocycles. The van der Waals surface area contributed by atoms with Crippen LogP contribution in [0.3, 0.4) is 0 Å². The first kappa shape index (κ1) is 8.33. The molecule has 0 fully saturated rings. The molecule has 0 saturated carbocycles. The van der Waals surface area contributed by atoms with Gasteiger partial charge in [0.25, 0.3) is 0 Å². The molecular formula is C7H8BrNO2. The average Bonchev–Trinajstić information content (AvgIpc) is 2.05. The van der Waals surface area contributed by atoms with E-state index < -0.39 is 0 Å². The van der Waals surface area contributed by atoms with Crippen molar-refractivity contribution in [1.82, 2.24) is 4.98 Å². The third-order valence-electron chi connectivity index (χ3n) is 1.26. The number of hydrogen-bond donors (Lipinski definition) is 0. The van der Waals surface area contributed by atoms with Gasteiger partial charge in [0.2, 0.25) is 0 Å². The third-order valence-corrected chi connectivity index (χ3v) is 2.04. The van der Waals surface area contributed by atoms with Crippen molar-refractivity contribution in [1.29, 1.82) is 0 Å². The van der Waals surface area contributed by atoms with Crippen molar-refractivity contribution in [3.05, 3.63) is 16.9 Å². The number of hydrogen-bond acceptors (Lipinski definition) is 3. The van der Waals surface area contributed by atoms with Gasteiger partial charge in [0.15, 0.2) is 11.5 Å². The van der Waals surface area contributed by atoms with Crippen molar-refractivity contribution in [2.24, 2.45) is 0 Å². The van der Waals surface area contributed by atoms with Crippen LogP contribution in [0.5, 0.6) is 11.5 Å². The minimum Gasteiger partial charge on any atom is -0.494 e. The van der Waals surface area contributed by atoms with Crippen molar-refractivity contribution < 1.29 is 9.47 Å². The Morgan fingerprint density at radius 2 is 1.64 bits per heavy atom. The number of aromatic nitrogens is 1. The van der Waals surface area contributed by atoms with E-state index in [1.807, 2.05) is 0 Å². The number of methoxy groups -OCH3 is 2. The highest BCUT2D eigenvalue weighted by atomic mass is 79.9. The molecule has 0 atom stereocenters. The molecule has 0 aliphatic rings. The predicted molar refractivity (Wildman–Crippen MR) is 45.0 cm³/mol. The fraction of sp³-hybridized carbons (Fsp3) is 0.286. The lowest BCUT2D eigenvalue weighted by atomic mass is 10.4. The average molecular weight is 218 g/mol. The Morgan fingerprint density at radius 1 is 1.18 bits per heavy atom. The van der Waals surface area contributed by atoms with E-state index in [-0.39, 0.29) is 0 Å². The van der Waals surface area contributed by atoms with Gasteiger partial charge < -0.3 is 9.47 Å². The van der Waals surface area contributed by atoms with Gasteiger partial charge in [0.1, 0.15) is 4.47 Å². The summed E-state index contributed by atoms with van der Waals surface area (Å²) in [6.45, 7) is 0. The second kappa shape index (κ2) is 3.57. The second-order valence-corrected chi connectivity index (χ2v) is 2.65. The zero-order chi connectivity index (χ0) is 8.27. The Labute approximate surface area is 73.5 Å². The first-order valence-corrected chi connectivity index (χ1v) is 3.80. The van der Waals surface area contributed by atoms with Crippen LogP contribution in [0, 0.1) is 0 Å². The third kappa shape index (κ3) is 1.63. The molecule has 0 amide bonds. The summed E-state index contributed by atoms with van der Waals surface area (Å²) >= 11 is 3.31. The molecule has 0 radical (unpaired) electrons. The molecule has 1 rings (SSSR count). The standard InChI is InChI=1S/C7H8BrNO2/c1-10-5-3-9-4-6(11-2)7(5)8/h3-4H,1-2H3. The largest absolute Gasteiger partial charge is 0.494 e. The summed E-state index contributed by atoms with van der Waals surface area (Å²) in [5.41, 5.74) is 0. The first-order chi connectivity index (χ1) is 5.29. The van der Waals surface area contributed by atoms with E-state index >= 15 is 0 Å². The quantitative estimate of drug-likeness (QED) is 0.759. The first-order valence-electron chi connectivity index (χ1n) is 3.01. The van der Waals surface area contributed by atoms with Crippen LogP contribution in [-0.2, 0) is 0 Å². The number of nitrogens with zero attached hydrogens (tertiary/aromatic N) is 1. The maximum Gasteiger partial charge on any atom is 0.155 e. The molecule has 11 heavy (non-hydrogen) atoms. The van der Waals surface area contributed by atoms with Crippen molar-refractivity contribution in [2.45, 2.75) is 0 Å². The summed E-state index contributed by atoms with van der Waals surface area (Å²) in [6.07, 6.45) is 3.24. The maximum atomic E-state index is 5.00. The van der Waals surface area contributed by atoms with E-state index in [0.29, 0.717) is 11.5 Å². The maximum absolute atomic E-state index is 5.00. The van der Waals surface area contributed by atoms with Crippen LogP contribution in [0.25, 0.3) is 0 Å². The van der Waals surface area contributed by atoms with Gasteiger partial charge in [0.05, 0.1) is 26.6 Å². The Bertz CT molecular complexity index is 230. The van der Waals surface area contributed by atoms with Crippen LogP contribution in [0.1, 0.15) is 0 Å². The van der Waals surface area contributed by atoms with Crippen LogP contribution in [-0.4, -0.2) is 19.2 Å². The Hall–Kier alpha value is -0.770. The lowest BCUT2D eigenvalue weighted by Gasteiger charge is -2.05. The van der Waals surface area contributed by atoms with Crippen LogP contribution in [0.15, 0.2) is 16.9 Å². The summed E-state index contributed by atoms with van der Waals surface area (Å²) in [5.74, 6) is 1.34. The van der Waals surface area contributed by atoms with E-state index in [4.69, 9.17) is 9.47 Å².